The van der Waals surface area contributed by atoms with Crippen molar-refractivity contribution in [3.8, 4) is 11.8 Å². The molecular formula is C22H30N6O8S. The summed E-state index contributed by atoms with van der Waals surface area (Å²) in [5.41, 5.74) is 8.74. The maximum atomic E-state index is 12.3. The predicted octanol–water partition coefficient (Wildman–Crippen LogP) is 2.20. The fourth-order valence-corrected chi connectivity index (χ4v) is 2.79. The number of amides is 2. The lowest BCUT2D eigenvalue weighted by Gasteiger charge is -2.21. The van der Waals surface area contributed by atoms with Gasteiger partial charge in [-0.2, -0.15) is 8.42 Å². The number of benzene rings is 1. The zero-order chi connectivity index (χ0) is 27.9. The second-order valence-corrected chi connectivity index (χ2v) is 9.93. The van der Waals surface area contributed by atoms with Gasteiger partial charge in [0.15, 0.2) is 0 Å². The molecule has 0 fully saturated rings. The lowest BCUT2D eigenvalue weighted by atomic mass is 10.1. The molecule has 0 bridgehead atoms. The van der Waals surface area contributed by atoms with Crippen molar-refractivity contribution >= 4 is 28.3 Å². The van der Waals surface area contributed by atoms with Gasteiger partial charge in [0, 0.05) is 11.3 Å². The molecule has 14 nitrogen and oxygen atoms in total. The Morgan fingerprint density at radius 1 is 1.19 bits per heavy atom. The standard InChI is InChI=1S/C22H30N6O8S/c1-22(2,3)36-21(31)26-19(25-20(30)34-15-16-10-6-5-7-11-16)24-18(14-29)17(27-28-23)12-8-9-13-35-37(4,32)33/h5-7,10-11,17-18,29H,9,13-15H2,1-4H3,(H2,24,25,26,30,31). The Labute approximate surface area is 215 Å². The number of carbonyl (C=O) groups is 2. The summed E-state index contributed by atoms with van der Waals surface area (Å²) < 4.78 is 36.9. The summed E-state index contributed by atoms with van der Waals surface area (Å²) >= 11 is 0. The van der Waals surface area contributed by atoms with E-state index in [2.05, 4.69) is 41.7 Å². The van der Waals surface area contributed by atoms with Crippen molar-refractivity contribution in [3.05, 3.63) is 46.3 Å². The van der Waals surface area contributed by atoms with Gasteiger partial charge in [0.2, 0.25) is 5.96 Å². The van der Waals surface area contributed by atoms with E-state index in [0.29, 0.717) is 5.56 Å². The first-order chi connectivity index (χ1) is 17.3. The number of hydrogen-bond acceptors (Lipinski definition) is 10. The number of nitrogens with zero attached hydrogens (tertiary/aromatic N) is 4. The Bertz CT molecular complexity index is 1150. The third kappa shape index (κ3) is 15.0. The van der Waals surface area contributed by atoms with Crippen LogP contribution in [0, 0.1) is 11.8 Å². The van der Waals surface area contributed by atoms with Crippen LogP contribution in [0.4, 0.5) is 9.59 Å². The molecule has 0 heterocycles. The summed E-state index contributed by atoms with van der Waals surface area (Å²) in [5, 5.41) is 17.8. The van der Waals surface area contributed by atoms with E-state index in [-0.39, 0.29) is 19.6 Å². The van der Waals surface area contributed by atoms with E-state index in [0.717, 1.165) is 6.26 Å². The fraction of sp³-hybridized carbons (Fsp3) is 0.500. The van der Waals surface area contributed by atoms with Crippen LogP contribution < -0.4 is 10.6 Å². The second-order valence-electron chi connectivity index (χ2n) is 8.29. The molecule has 0 radical (unpaired) electrons. The molecule has 2 atom stereocenters. The molecule has 0 aromatic heterocycles. The van der Waals surface area contributed by atoms with Gasteiger partial charge in [-0.3, -0.25) is 14.8 Å². The van der Waals surface area contributed by atoms with Gasteiger partial charge in [0.05, 0.1) is 25.5 Å². The van der Waals surface area contributed by atoms with Crippen LogP contribution in [0.5, 0.6) is 0 Å². The SMILES string of the molecule is CC(C)(C)OC(=O)NC(=NC(CO)C(C#CCCOS(C)(=O)=O)N=[N+]=[N-])NC(=O)OCc1ccccc1. The number of aliphatic hydroxyl groups is 1. The van der Waals surface area contributed by atoms with E-state index >= 15 is 0 Å². The topological polar surface area (TPSA) is 201 Å². The molecule has 0 spiro atoms. The Balaban J connectivity index is 3.08. The van der Waals surface area contributed by atoms with Crippen LogP contribution in [0.25, 0.3) is 10.4 Å². The summed E-state index contributed by atoms with van der Waals surface area (Å²) in [5.74, 6) is 4.68. The molecule has 0 aliphatic heterocycles. The van der Waals surface area contributed by atoms with Gasteiger partial charge in [-0.05, 0) is 31.9 Å². The molecule has 3 N–H and O–H groups in total. The van der Waals surface area contributed by atoms with Gasteiger partial charge < -0.3 is 14.6 Å². The number of ether oxygens (including phenoxy) is 2. The Kier molecular flexibility index (Phi) is 12.9. The molecule has 2 amide bonds. The first-order valence-corrected chi connectivity index (χ1v) is 12.7. The molecule has 202 valence electrons. The lowest BCUT2D eigenvalue weighted by molar-refractivity contribution is 0.0561. The van der Waals surface area contributed by atoms with Crippen molar-refractivity contribution in [1.82, 2.24) is 10.6 Å². The molecule has 0 saturated carbocycles. The molecule has 1 rings (SSSR count). The van der Waals surface area contributed by atoms with Crippen molar-refractivity contribution in [3.63, 3.8) is 0 Å². The molecule has 2 unspecified atom stereocenters. The molecule has 15 heteroatoms. The molecule has 0 aliphatic carbocycles. The highest BCUT2D eigenvalue weighted by Crippen LogP contribution is 2.08. The van der Waals surface area contributed by atoms with E-state index in [4.69, 9.17) is 15.0 Å². The molecule has 0 saturated heterocycles. The number of rotatable bonds is 9. The molecule has 0 aliphatic rings. The minimum atomic E-state index is -3.65. The number of alkyl carbamates (subject to hydrolysis) is 2. The van der Waals surface area contributed by atoms with E-state index in [1.54, 1.807) is 51.1 Å². The van der Waals surface area contributed by atoms with Gasteiger partial charge in [0.25, 0.3) is 10.1 Å². The van der Waals surface area contributed by atoms with Crippen molar-refractivity contribution in [2.24, 2.45) is 10.1 Å². The number of azide groups is 1. The summed E-state index contributed by atoms with van der Waals surface area (Å²) in [6.45, 7) is 3.88. The maximum Gasteiger partial charge on any atom is 0.414 e. The van der Waals surface area contributed by atoms with E-state index in [1.165, 1.54) is 0 Å². The number of nitrogens with one attached hydrogen (secondary N) is 2. The number of aliphatic hydroxyl groups excluding tert-OH is 1. The monoisotopic (exact) mass is 538 g/mol. The summed E-state index contributed by atoms with van der Waals surface area (Å²) in [6.07, 6.45) is -1.08. The predicted molar refractivity (Wildman–Crippen MR) is 134 cm³/mol. The van der Waals surface area contributed by atoms with Crippen LogP contribution in [-0.4, -0.2) is 68.8 Å². The normalized spacial score (nSPS) is 13.2. The largest absolute Gasteiger partial charge is 0.444 e. The number of carbonyl (C=O) groups excluding carboxylic acids is 2. The highest BCUT2D eigenvalue weighted by molar-refractivity contribution is 7.85. The molecule has 1 aromatic rings. The van der Waals surface area contributed by atoms with Crippen molar-refractivity contribution in [1.29, 1.82) is 0 Å². The average Bonchev–Trinajstić information content (AvgIpc) is 2.79. The third-order valence-electron chi connectivity index (χ3n) is 3.85. The minimum Gasteiger partial charge on any atom is -0.444 e. The first kappa shape index (κ1) is 31.2. The number of aliphatic imine (C=N–C) groups is 1. The second kappa shape index (κ2) is 15.3. The van der Waals surface area contributed by atoms with Crippen LogP contribution in [-0.2, 0) is 30.4 Å². The Hall–Kier alpha value is -3.83. The molecule has 37 heavy (non-hydrogen) atoms. The highest BCUT2D eigenvalue weighted by atomic mass is 32.2. The first-order valence-electron chi connectivity index (χ1n) is 10.9. The fourth-order valence-electron chi connectivity index (χ4n) is 2.41. The molecular weight excluding hydrogens is 508 g/mol. The van der Waals surface area contributed by atoms with Crippen LogP contribution >= 0.6 is 0 Å². The number of guanidine groups is 1. The van der Waals surface area contributed by atoms with Crippen molar-refractivity contribution in [2.45, 2.75) is 51.5 Å². The Morgan fingerprint density at radius 2 is 1.84 bits per heavy atom. The summed E-state index contributed by atoms with van der Waals surface area (Å²) in [6, 6.07) is 6.34. The van der Waals surface area contributed by atoms with Gasteiger partial charge >= 0.3 is 12.2 Å². The highest BCUT2D eigenvalue weighted by Gasteiger charge is 2.22. The lowest BCUT2D eigenvalue weighted by Crippen LogP contribution is -2.47. The number of hydrogen-bond donors (Lipinski definition) is 3. The summed E-state index contributed by atoms with van der Waals surface area (Å²) in [4.78, 5) is 31.4. The van der Waals surface area contributed by atoms with Crippen molar-refractivity contribution < 1.29 is 36.8 Å². The van der Waals surface area contributed by atoms with E-state index < -0.39 is 52.6 Å². The van der Waals surface area contributed by atoms with Crippen LogP contribution in [0.15, 0.2) is 40.4 Å². The average molecular weight is 539 g/mol. The van der Waals surface area contributed by atoms with Crippen molar-refractivity contribution in [2.75, 3.05) is 19.5 Å². The van der Waals surface area contributed by atoms with Gasteiger partial charge in [-0.25, -0.2) is 14.6 Å². The zero-order valence-electron chi connectivity index (χ0n) is 20.9. The smallest absolute Gasteiger partial charge is 0.414 e. The summed E-state index contributed by atoms with van der Waals surface area (Å²) in [7, 11) is -3.65. The zero-order valence-corrected chi connectivity index (χ0v) is 21.7. The maximum absolute atomic E-state index is 12.3. The van der Waals surface area contributed by atoms with Gasteiger partial charge in [-0.1, -0.05) is 41.4 Å². The van der Waals surface area contributed by atoms with Crippen LogP contribution in [0.2, 0.25) is 0 Å². The minimum absolute atomic E-state index is 0.0283. The van der Waals surface area contributed by atoms with E-state index in [9.17, 15) is 23.1 Å². The van der Waals surface area contributed by atoms with Gasteiger partial charge in [0.1, 0.15) is 18.2 Å². The van der Waals surface area contributed by atoms with E-state index in [1.807, 2.05) is 0 Å². The van der Waals surface area contributed by atoms with Crippen LogP contribution in [0.3, 0.4) is 0 Å². The molecule has 1 aromatic carbocycles. The quantitative estimate of drug-likeness (QED) is 0.0620. The van der Waals surface area contributed by atoms with Crippen LogP contribution in [0.1, 0.15) is 32.8 Å². The third-order valence-corrected chi connectivity index (χ3v) is 4.44. The van der Waals surface area contributed by atoms with Gasteiger partial charge in [-0.15, -0.1) is 5.92 Å². The Morgan fingerprint density at radius 3 is 2.41 bits per heavy atom.